The quantitative estimate of drug-likeness (QED) is 0.635. The second-order valence-electron chi connectivity index (χ2n) is 5.23. The van der Waals surface area contributed by atoms with E-state index in [0.717, 1.165) is 13.1 Å². The zero-order valence-electron chi connectivity index (χ0n) is 11.6. The Morgan fingerprint density at radius 1 is 1.38 bits per heavy atom. The lowest BCUT2D eigenvalue weighted by atomic mass is 9.99. The van der Waals surface area contributed by atoms with Gasteiger partial charge in [-0.1, -0.05) is 0 Å². The lowest BCUT2D eigenvalue weighted by Crippen LogP contribution is -2.44. The zero-order chi connectivity index (χ0) is 15.0. The molecule has 1 aliphatic heterocycles. The summed E-state index contributed by atoms with van der Waals surface area (Å²) >= 11 is 0. The van der Waals surface area contributed by atoms with Gasteiger partial charge in [0, 0.05) is 31.9 Å². The minimum Gasteiger partial charge on any atom is -0.355 e. The molecule has 1 aliphatic rings. The molecular formula is C14H16N4O3. The molecule has 0 saturated carbocycles. The predicted octanol–water partition coefficient (Wildman–Crippen LogP) is 1.01. The van der Waals surface area contributed by atoms with Gasteiger partial charge in [0.05, 0.1) is 21.9 Å². The maximum absolute atomic E-state index is 11.8. The maximum atomic E-state index is 11.8. The lowest BCUT2D eigenvalue weighted by Gasteiger charge is -2.33. The van der Waals surface area contributed by atoms with Crippen molar-refractivity contribution in [2.24, 2.45) is 0 Å². The van der Waals surface area contributed by atoms with Crippen molar-refractivity contribution in [2.75, 3.05) is 26.7 Å². The van der Waals surface area contributed by atoms with E-state index in [9.17, 15) is 14.9 Å². The maximum Gasteiger partial charge on any atom is 0.298 e. The fraction of sp³-hybridized carbons (Fsp3) is 0.357. The molecule has 0 bridgehead atoms. The number of aromatic nitrogens is 1. The van der Waals surface area contributed by atoms with Crippen LogP contribution in [0.3, 0.4) is 0 Å². The van der Waals surface area contributed by atoms with Crippen LogP contribution in [-0.4, -0.2) is 41.5 Å². The van der Waals surface area contributed by atoms with E-state index in [1.807, 2.05) is 7.05 Å². The van der Waals surface area contributed by atoms with Crippen LogP contribution in [-0.2, 0) is 0 Å². The molecule has 7 nitrogen and oxygen atoms in total. The van der Waals surface area contributed by atoms with E-state index in [-0.39, 0.29) is 17.2 Å². The molecule has 21 heavy (non-hydrogen) atoms. The molecule has 0 spiro atoms. The Bertz CT molecular complexity index is 755. The molecule has 1 aromatic carbocycles. The first-order valence-electron chi connectivity index (χ1n) is 6.79. The Hall–Kier alpha value is -2.25. The normalized spacial score (nSPS) is 19.8. The van der Waals surface area contributed by atoms with Crippen molar-refractivity contribution in [3.8, 4) is 0 Å². The van der Waals surface area contributed by atoms with Crippen LogP contribution in [0.2, 0.25) is 0 Å². The minimum absolute atomic E-state index is 0.00856. The number of nitrogens with zero attached hydrogens (tertiary/aromatic N) is 2. The van der Waals surface area contributed by atoms with Gasteiger partial charge >= 0.3 is 0 Å². The molecule has 1 saturated heterocycles. The van der Waals surface area contributed by atoms with Crippen LogP contribution in [0, 0.1) is 10.1 Å². The van der Waals surface area contributed by atoms with Crippen LogP contribution < -0.4 is 10.7 Å². The molecule has 1 fully saturated rings. The number of nitro benzene ring substituents is 1. The van der Waals surface area contributed by atoms with E-state index < -0.39 is 4.92 Å². The second-order valence-corrected chi connectivity index (χ2v) is 5.23. The number of H-pyrrole nitrogens is 1. The van der Waals surface area contributed by atoms with Crippen LogP contribution in [0.25, 0.3) is 10.9 Å². The minimum atomic E-state index is -0.407. The first kappa shape index (κ1) is 13.7. The highest BCUT2D eigenvalue weighted by atomic mass is 16.6. The highest BCUT2D eigenvalue weighted by molar-refractivity contribution is 5.88. The van der Waals surface area contributed by atoms with E-state index in [0.29, 0.717) is 23.0 Å². The molecule has 0 aliphatic carbocycles. The van der Waals surface area contributed by atoms with Gasteiger partial charge in [-0.15, -0.1) is 0 Å². The van der Waals surface area contributed by atoms with Crippen molar-refractivity contribution in [3.05, 3.63) is 50.3 Å². The van der Waals surface area contributed by atoms with Gasteiger partial charge in [0.1, 0.15) is 5.52 Å². The summed E-state index contributed by atoms with van der Waals surface area (Å²) in [5, 5.41) is 15.1. The van der Waals surface area contributed by atoms with E-state index in [2.05, 4.69) is 15.2 Å². The van der Waals surface area contributed by atoms with E-state index in [4.69, 9.17) is 0 Å². The monoisotopic (exact) mass is 288 g/mol. The number of likely N-dealkylation sites (N-methyl/N-ethyl adjacent to an activating group) is 1. The van der Waals surface area contributed by atoms with Crippen LogP contribution in [0.5, 0.6) is 0 Å². The van der Waals surface area contributed by atoms with Crippen molar-refractivity contribution < 1.29 is 4.92 Å². The van der Waals surface area contributed by atoms with E-state index in [1.165, 1.54) is 12.3 Å². The molecule has 3 rings (SSSR count). The molecule has 0 radical (unpaired) electrons. The summed E-state index contributed by atoms with van der Waals surface area (Å²) in [6.07, 6.45) is 1.45. The number of rotatable bonds is 2. The Kier molecular flexibility index (Phi) is 3.44. The highest BCUT2D eigenvalue weighted by Crippen LogP contribution is 2.33. The van der Waals surface area contributed by atoms with Crippen molar-refractivity contribution in [1.82, 2.24) is 15.2 Å². The van der Waals surface area contributed by atoms with Gasteiger partial charge in [-0.05, 0) is 19.2 Å². The van der Waals surface area contributed by atoms with Gasteiger partial charge < -0.3 is 10.3 Å². The van der Waals surface area contributed by atoms with Crippen molar-refractivity contribution in [2.45, 2.75) is 6.04 Å². The first-order valence-corrected chi connectivity index (χ1v) is 6.79. The number of hydrogen-bond acceptors (Lipinski definition) is 5. The first-order chi connectivity index (χ1) is 10.1. The molecular weight excluding hydrogens is 272 g/mol. The largest absolute Gasteiger partial charge is 0.355 e. The van der Waals surface area contributed by atoms with Crippen molar-refractivity contribution in [1.29, 1.82) is 0 Å². The fourth-order valence-corrected chi connectivity index (χ4v) is 2.87. The van der Waals surface area contributed by atoms with Gasteiger partial charge in [0.15, 0.2) is 5.43 Å². The summed E-state index contributed by atoms with van der Waals surface area (Å²) in [5.74, 6) is 0. The Morgan fingerprint density at radius 3 is 2.90 bits per heavy atom. The number of nitro groups is 1. The van der Waals surface area contributed by atoms with Gasteiger partial charge in [-0.2, -0.15) is 0 Å². The highest BCUT2D eigenvalue weighted by Gasteiger charge is 2.29. The van der Waals surface area contributed by atoms with Gasteiger partial charge in [-0.3, -0.25) is 19.8 Å². The van der Waals surface area contributed by atoms with Crippen LogP contribution in [0.1, 0.15) is 11.6 Å². The third-order valence-corrected chi connectivity index (χ3v) is 3.99. The fourth-order valence-electron chi connectivity index (χ4n) is 2.87. The third kappa shape index (κ3) is 2.30. The molecule has 1 unspecified atom stereocenters. The molecule has 7 heteroatoms. The number of hydrogen-bond donors (Lipinski definition) is 2. The predicted molar refractivity (Wildman–Crippen MR) is 79.5 cm³/mol. The molecule has 2 aromatic rings. The summed E-state index contributed by atoms with van der Waals surface area (Å²) in [5.41, 5.74) is 0.701. The summed E-state index contributed by atoms with van der Waals surface area (Å²) in [6.45, 7) is 2.34. The Labute approximate surface area is 120 Å². The van der Waals surface area contributed by atoms with Gasteiger partial charge in [0.2, 0.25) is 0 Å². The second kappa shape index (κ2) is 5.27. The Morgan fingerprint density at radius 2 is 2.19 bits per heavy atom. The number of piperazine rings is 1. The number of nitrogens with one attached hydrogen (secondary N) is 2. The average Bonchev–Trinajstić information content (AvgIpc) is 2.47. The van der Waals surface area contributed by atoms with Crippen molar-refractivity contribution >= 4 is 16.6 Å². The summed E-state index contributed by atoms with van der Waals surface area (Å²) in [6, 6.07) is 4.66. The number of benzene rings is 1. The summed E-state index contributed by atoms with van der Waals surface area (Å²) < 4.78 is 0. The summed E-state index contributed by atoms with van der Waals surface area (Å²) in [4.78, 5) is 27.9. The topological polar surface area (TPSA) is 91.3 Å². The van der Waals surface area contributed by atoms with E-state index in [1.54, 1.807) is 12.1 Å². The average molecular weight is 288 g/mol. The molecule has 2 N–H and O–H groups in total. The molecule has 1 aromatic heterocycles. The standard InChI is InChI=1S/C14H16N4O3/c1-17-7-6-15-8-11(17)9-2-3-10-12(19)4-5-16-13(10)14(9)18(20)21/h2-5,11,15H,6-8H2,1H3,(H,16,19). The lowest BCUT2D eigenvalue weighted by molar-refractivity contribution is -0.384. The van der Waals surface area contributed by atoms with Gasteiger partial charge in [-0.25, -0.2) is 0 Å². The number of pyridine rings is 1. The number of fused-ring (bicyclic) bond motifs is 1. The number of aromatic amines is 1. The smallest absolute Gasteiger partial charge is 0.298 e. The molecule has 110 valence electrons. The van der Waals surface area contributed by atoms with Gasteiger partial charge in [0.25, 0.3) is 5.69 Å². The molecule has 0 amide bonds. The molecule has 2 heterocycles. The van der Waals surface area contributed by atoms with Crippen LogP contribution in [0.4, 0.5) is 5.69 Å². The van der Waals surface area contributed by atoms with Crippen molar-refractivity contribution in [3.63, 3.8) is 0 Å². The zero-order valence-corrected chi connectivity index (χ0v) is 11.6. The van der Waals surface area contributed by atoms with E-state index >= 15 is 0 Å². The Balaban J connectivity index is 2.25. The third-order valence-electron chi connectivity index (χ3n) is 3.99. The molecule has 1 atom stereocenters. The SMILES string of the molecule is CN1CCNCC1c1ccc2c(=O)cc[nH]c2c1[N+](=O)[O-]. The van der Waals surface area contributed by atoms with Crippen LogP contribution in [0.15, 0.2) is 29.2 Å². The summed E-state index contributed by atoms with van der Waals surface area (Å²) in [7, 11) is 1.95. The van der Waals surface area contributed by atoms with Crippen LogP contribution >= 0.6 is 0 Å².